The van der Waals surface area contributed by atoms with Crippen molar-refractivity contribution in [3.8, 4) is 0 Å². The van der Waals surface area contributed by atoms with Crippen molar-refractivity contribution >= 4 is 52.5 Å². The largest absolute Gasteiger partial charge is 0.350 e. The van der Waals surface area contributed by atoms with E-state index in [1.54, 1.807) is 11.8 Å². The topological polar surface area (TPSA) is 44.7 Å². The number of nitrogens with zero attached hydrogens (tertiary/aromatic N) is 2. The molecule has 1 aromatic carbocycles. The molecule has 1 heterocycles. The van der Waals surface area contributed by atoms with Crippen LogP contribution in [0.2, 0.25) is 5.02 Å². The first-order chi connectivity index (χ1) is 11.5. The molecule has 1 saturated heterocycles. The summed E-state index contributed by atoms with van der Waals surface area (Å²) >= 11 is 7.55. The molecule has 0 radical (unpaired) electrons. The zero-order valence-electron chi connectivity index (χ0n) is 14.0. The van der Waals surface area contributed by atoms with E-state index in [9.17, 15) is 9.18 Å². The molecular weight excluding hydrogens is 384 g/mol. The van der Waals surface area contributed by atoms with Crippen LogP contribution in [-0.2, 0) is 4.79 Å². The third-order valence-electron chi connectivity index (χ3n) is 4.50. The van der Waals surface area contributed by atoms with Crippen molar-refractivity contribution in [1.82, 2.24) is 4.90 Å². The van der Waals surface area contributed by atoms with E-state index >= 15 is 0 Å². The summed E-state index contributed by atoms with van der Waals surface area (Å²) in [6.45, 7) is 0. The van der Waals surface area contributed by atoms with E-state index in [1.807, 2.05) is 7.05 Å². The maximum atomic E-state index is 13.7. The minimum Gasteiger partial charge on any atom is -0.350 e. The number of carbonyl (C=O) groups excluding carboxylic acids is 1. The van der Waals surface area contributed by atoms with Crippen molar-refractivity contribution in [1.29, 1.82) is 0 Å². The summed E-state index contributed by atoms with van der Waals surface area (Å²) in [6, 6.07) is 4.65. The number of rotatable bonds is 4. The van der Waals surface area contributed by atoms with Crippen LogP contribution in [-0.4, -0.2) is 40.9 Å². The number of anilines is 1. The van der Waals surface area contributed by atoms with E-state index in [2.05, 4.69) is 10.2 Å². The second-order valence-corrected chi connectivity index (χ2v) is 7.73. The number of thioether (sulfide) groups is 1. The lowest BCUT2D eigenvalue weighted by Crippen LogP contribution is -2.34. The summed E-state index contributed by atoms with van der Waals surface area (Å²) in [5.41, 5.74) is 0.126. The van der Waals surface area contributed by atoms with Crippen molar-refractivity contribution in [3.63, 3.8) is 0 Å². The van der Waals surface area contributed by atoms with Gasteiger partial charge in [-0.25, -0.2) is 4.39 Å². The molecule has 4 nitrogen and oxygen atoms in total. The summed E-state index contributed by atoms with van der Waals surface area (Å²) < 4.78 is 13.7. The maximum absolute atomic E-state index is 13.7. The van der Waals surface area contributed by atoms with Gasteiger partial charge < -0.3 is 10.2 Å². The third kappa shape index (κ3) is 5.25. The fourth-order valence-corrected chi connectivity index (χ4v) is 4.49. The van der Waals surface area contributed by atoms with Gasteiger partial charge in [-0.05, 0) is 31.0 Å². The van der Waals surface area contributed by atoms with Crippen LogP contribution >= 0.6 is 35.8 Å². The highest BCUT2D eigenvalue weighted by molar-refractivity contribution is 8.14. The number of aliphatic imine (C=N–C) groups is 1. The van der Waals surface area contributed by atoms with E-state index < -0.39 is 5.82 Å². The highest BCUT2D eigenvalue weighted by Crippen LogP contribution is 2.29. The van der Waals surface area contributed by atoms with Gasteiger partial charge in [-0.2, -0.15) is 0 Å². The SMILES string of the molecule is CN1/C(=N/C2CCCC2)SCC1CC(=O)Nc1cc(Cl)ccc1F.Cl. The number of amidine groups is 1. The van der Waals surface area contributed by atoms with Crippen molar-refractivity contribution in [2.45, 2.75) is 44.2 Å². The smallest absolute Gasteiger partial charge is 0.226 e. The predicted molar refractivity (Wildman–Crippen MR) is 106 cm³/mol. The molecule has 1 aliphatic carbocycles. The fourth-order valence-electron chi connectivity index (χ4n) is 3.06. The number of nitrogens with one attached hydrogen (secondary N) is 1. The Bertz CT molecular complexity index is 653. The van der Waals surface area contributed by atoms with Gasteiger partial charge >= 0.3 is 0 Å². The fraction of sp³-hybridized carbons (Fsp3) is 0.529. The van der Waals surface area contributed by atoms with E-state index in [0.717, 1.165) is 23.8 Å². The highest BCUT2D eigenvalue weighted by atomic mass is 35.5. The quantitative estimate of drug-likeness (QED) is 0.797. The average molecular weight is 406 g/mol. The van der Waals surface area contributed by atoms with Crippen LogP contribution in [0.5, 0.6) is 0 Å². The summed E-state index contributed by atoms with van der Waals surface area (Å²) in [4.78, 5) is 19.1. The molecule has 2 fully saturated rings. The van der Waals surface area contributed by atoms with Gasteiger partial charge in [-0.15, -0.1) is 12.4 Å². The number of halogens is 3. The lowest BCUT2D eigenvalue weighted by molar-refractivity contribution is -0.116. The first-order valence-electron chi connectivity index (χ1n) is 8.21. The Morgan fingerprint density at radius 3 is 2.88 bits per heavy atom. The Labute approximate surface area is 163 Å². The van der Waals surface area contributed by atoms with Gasteiger partial charge in [0.05, 0.1) is 11.7 Å². The third-order valence-corrected chi connectivity index (χ3v) is 5.93. The molecule has 1 amide bonds. The molecular formula is C17H22Cl2FN3OS. The molecule has 1 atom stereocenters. The van der Waals surface area contributed by atoms with Crippen LogP contribution < -0.4 is 5.32 Å². The highest BCUT2D eigenvalue weighted by Gasteiger charge is 2.30. The van der Waals surface area contributed by atoms with Gasteiger partial charge in [0.25, 0.3) is 0 Å². The zero-order valence-corrected chi connectivity index (χ0v) is 16.4. The van der Waals surface area contributed by atoms with Gasteiger partial charge in [-0.3, -0.25) is 9.79 Å². The van der Waals surface area contributed by atoms with Crippen LogP contribution in [0.4, 0.5) is 10.1 Å². The number of amides is 1. The Morgan fingerprint density at radius 2 is 2.16 bits per heavy atom. The molecule has 1 saturated carbocycles. The molecule has 138 valence electrons. The van der Waals surface area contributed by atoms with Crippen molar-refractivity contribution in [3.05, 3.63) is 29.0 Å². The molecule has 1 unspecified atom stereocenters. The Balaban J connectivity index is 0.00000225. The lowest BCUT2D eigenvalue weighted by atomic mass is 10.2. The summed E-state index contributed by atoms with van der Waals surface area (Å²) in [5, 5.41) is 4.03. The molecule has 0 spiro atoms. The molecule has 2 aliphatic rings. The average Bonchev–Trinajstić information content (AvgIpc) is 3.16. The van der Waals surface area contributed by atoms with E-state index in [4.69, 9.17) is 16.6 Å². The first kappa shape index (κ1) is 20.3. The normalized spacial score (nSPS) is 22.3. The van der Waals surface area contributed by atoms with E-state index in [1.165, 1.54) is 31.0 Å². The molecule has 1 aliphatic heterocycles. The standard InChI is InChI=1S/C17H21ClFN3OS.ClH/c1-22-13(10-24-17(22)20-12-4-2-3-5-12)9-16(23)21-15-8-11(18)6-7-14(15)19;/h6-8,12-13H,2-5,9-10H2,1H3,(H,21,23);1H/b20-17-;. The minimum atomic E-state index is -0.481. The van der Waals surface area contributed by atoms with Crippen LogP contribution in [0.3, 0.4) is 0 Å². The van der Waals surface area contributed by atoms with Crippen LogP contribution in [0, 0.1) is 5.82 Å². The molecule has 0 bridgehead atoms. The Hall–Kier alpha value is -0.980. The van der Waals surface area contributed by atoms with Crippen LogP contribution in [0.15, 0.2) is 23.2 Å². The predicted octanol–water partition coefficient (Wildman–Crippen LogP) is 4.58. The molecule has 0 aromatic heterocycles. The van der Waals surface area contributed by atoms with Gasteiger partial charge in [0, 0.05) is 30.3 Å². The van der Waals surface area contributed by atoms with Crippen molar-refractivity contribution in [2.75, 3.05) is 18.1 Å². The van der Waals surface area contributed by atoms with Crippen molar-refractivity contribution < 1.29 is 9.18 Å². The molecule has 1 aromatic rings. The lowest BCUT2D eigenvalue weighted by Gasteiger charge is -2.21. The molecule has 3 rings (SSSR count). The first-order valence-corrected chi connectivity index (χ1v) is 9.57. The Morgan fingerprint density at radius 1 is 1.44 bits per heavy atom. The summed E-state index contributed by atoms with van der Waals surface area (Å²) in [6.07, 6.45) is 5.15. The summed E-state index contributed by atoms with van der Waals surface area (Å²) in [5.74, 6) is 0.133. The van der Waals surface area contributed by atoms with Gasteiger partial charge in [-0.1, -0.05) is 36.2 Å². The number of carbonyl (C=O) groups is 1. The van der Waals surface area contributed by atoms with E-state index in [-0.39, 0.29) is 30.0 Å². The molecule has 1 N–H and O–H groups in total. The monoisotopic (exact) mass is 405 g/mol. The number of benzene rings is 1. The Kier molecular flexibility index (Phi) is 7.40. The zero-order chi connectivity index (χ0) is 17.1. The van der Waals surface area contributed by atoms with Gasteiger partial charge in [0.1, 0.15) is 5.82 Å². The second-order valence-electron chi connectivity index (χ2n) is 6.30. The van der Waals surface area contributed by atoms with Gasteiger partial charge in [0.15, 0.2) is 5.17 Å². The summed E-state index contributed by atoms with van der Waals surface area (Å²) in [7, 11) is 1.98. The van der Waals surface area contributed by atoms with Gasteiger partial charge in [0.2, 0.25) is 5.91 Å². The maximum Gasteiger partial charge on any atom is 0.226 e. The number of hydrogen-bond acceptors (Lipinski definition) is 3. The number of hydrogen-bond donors (Lipinski definition) is 1. The van der Waals surface area contributed by atoms with Crippen LogP contribution in [0.25, 0.3) is 0 Å². The second kappa shape index (κ2) is 9.10. The molecule has 25 heavy (non-hydrogen) atoms. The van der Waals surface area contributed by atoms with Crippen LogP contribution in [0.1, 0.15) is 32.1 Å². The van der Waals surface area contributed by atoms with E-state index in [0.29, 0.717) is 17.5 Å². The minimum absolute atomic E-state index is 0. The molecule has 8 heteroatoms. The van der Waals surface area contributed by atoms with Crippen molar-refractivity contribution in [2.24, 2.45) is 4.99 Å².